The molecule has 1 unspecified atom stereocenters. The number of rotatable bonds is 7. The van der Waals surface area contributed by atoms with Crippen LogP contribution in [-0.4, -0.2) is 35.8 Å². The van der Waals surface area contributed by atoms with E-state index in [0.29, 0.717) is 25.4 Å². The maximum Gasteiger partial charge on any atom is 0.269 e. The van der Waals surface area contributed by atoms with Crippen molar-refractivity contribution in [3.8, 4) is 5.75 Å². The lowest BCUT2D eigenvalue weighted by molar-refractivity contribution is -0.384. The number of non-ortho nitro benzene ring substituents is 1. The summed E-state index contributed by atoms with van der Waals surface area (Å²) in [4.78, 5) is 9.96. The zero-order valence-electron chi connectivity index (χ0n) is 9.63. The summed E-state index contributed by atoms with van der Waals surface area (Å²) in [5, 5.41) is 22.4. The van der Waals surface area contributed by atoms with Crippen LogP contribution in [0.25, 0.3) is 0 Å². The molecule has 0 aliphatic heterocycles. The smallest absolute Gasteiger partial charge is 0.269 e. The van der Waals surface area contributed by atoms with Gasteiger partial charge in [0.05, 0.1) is 11.0 Å². The predicted molar refractivity (Wildman–Crippen MR) is 63.1 cm³/mol. The van der Waals surface area contributed by atoms with Crippen LogP contribution < -0.4 is 10.1 Å². The summed E-state index contributed by atoms with van der Waals surface area (Å²) in [5.74, 6) is 0.592. The summed E-state index contributed by atoms with van der Waals surface area (Å²) >= 11 is 0. The van der Waals surface area contributed by atoms with Crippen molar-refractivity contribution >= 4 is 5.69 Å². The third-order valence-electron chi connectivity index (χ3n) is 2.03. The Bertz CT molecular complexity index is 351. The highest BCUT2D eigenvalue weighted by Gasteiger charge is 2.03. The summed E-state index contributed by atoms with van der Waals surface area (Å²) < 4.78 is 5.36. The maximum atomic E-state index is 10.4. The molecule has 0 amide bonds. The van der Waals surface area contributed by atoms with Crippen molar-refractivity contribution in [2.45, 2.75) is 13.0 Å². The molecular weight excluding hydrogens is 224 g/mol. The molecule has 0 heterocycles. The van der Waals surface area contributed by atoms with Crippen LogP contribution in [0, 0.1) is 10.1 Å². The van der Waals surface area contributed by atoms with Crippen LogP contribution >= 0.6 is 0 Å². The maximum absolute atomic E-state index is 10.4. The van der Waals surface area contributed by atoms with E-state index >= 15 is 0 Å². The fourth-order valence-electron chi connectivity index (χ4n) is 1.22. The molecule has 1 aromatic carbocycles. The summed E-state index contributed by atoms with van der Waals surface area (Å²) in [7, 11) is 0. The second-order valence-electron chi connectivity index (χ2n) is 3.65. The lowest BCUT2D eigenvalue weighted by atomic mass is 10.3. The molecule has 0 fully saturated rings. The van der Waals surface area contributed by atoms with E-state index in [1.165, 1.54) is 12.1 Å². The normalized spacial score (nSPS) is 12.1. The fourth-order valence-corrected chi connectivity index (χ4v) is 1.22. The molecule has 1 rings (SSSR count). The van der Waals surface area contributed by atoms with Gasteiger partial charge in [0.25, 0.3) is 5.69 Å². The van der Waals surface area contributed by atoms with Gasteiger partial charge >= 0.3 is 0 Å². The first kappa shape index (κ1) is 13.4. The highest BCUT2D eigenvalue weighted by molar-refractivity contribution is 5.35. The highest BCUT2D eigenvalue weighted by atomic mass is 16.6. The third-order valence-corrected chi connectivity index (χ3v) is 2.03. The summed E-state index contributed by atoms with van der Waals surface area (Å²) in [5.41, 5.74) is 0.0459. The van der Waals surface area contributed by atoms with Crippen LogP contribution in [0.4, 0.5) is 5.69 Å². The Labute approximate surface area is 99.4 Å². The van der Waals surface area contributed by atoms with Crippen molar-refractivity contribution in [2.24, 2.45) is 0 Å². The fraction of sp³-hybridized carbons (Fsp3) is 0.455. The number of aliphatic hydroxyl groups is 1. The average molecular weight is 240 g/mol. The first-order valence-electron chi connectivity index (χ1n) is 5.35. The average Bonchev–Trinajstić information content (AvgIpc) is 2.29. The molecule has 1 aromatic rings. The molecule has 0 aliphatic carbocycles. The molecule has 0 aliphatic rings. The Morgan fingerprint density at radius 2 is 2.12 bits per heavy atom. The van der Waals surface area contributed by atoms with Crippen LogP contribution in [-0.2, 0) is 0 Å². The zero-order valence-corrected chi connectivity index (χ0v) is 9.63. The molecule has 0 saturated heterocycles. The van der Waals surface area contributed by atoms with Gasteiger partial charge in [-0.15, -0.1) is 0 Å². The van der Waals surface area contributed by atoms with Crippen LogP contribution in [0.5, 0.6) is 5.75 Å². The minimum atomic E-state index is -0.450. The molecule has 0 bridgehead atoms. The standard InChI is InChI=1S/C11H16N2O4/c1-9(14)8-12-6-7-17-11-4-2-10(3-5-11)13(15)16/h2-5,9,12,14H,6-8H2,1H3. The van der Waals surface area contributed by atoms with E-state index < -0.39 is 4.92 Å². The van der Waals surface area contributed by atoms with Crippen molar-refractivity contribution in [1.29, 1.82) is 0 Å². The van der Waals surface area contributed by atoms with Gasteiger partial charge in [-0.25, -0.2) is 0 Å². The largest absolute Gasteiger partial charge is 0.492 e. The van der Waals surface area contributed by atoms with Crippen LogP contribution in [0.1, 0.15) is 6.92 Å². The Kier molecular flexibility index (Phi) is 5.38. The van der Waals surface area contributed by atoms with E-state index in [2.05, 4.69) is 5.32 Å². The van der Waals surface area contributed by atoms with Crippen LogP contribution in [0.15, 0.2) is 24.3 Å². The Morgan fingerprint density at radius 3 is 2.65 bits per heavy atom. The number of nitrogens with one attached hydrogen (secondary N) is 1. The first-order chi connectivity index (χ1) is 8.09. The van der Waals surface area contributed by atoms with Crippen LogP contribution in [0.2, 0.25) is 0 Å². The molecule has 6 heteroatoms. The minimum absolute atomic E-state index is 0.0459. The number of nitrogens with zero attached hydrogens (tertiary/aromatic N) is 1. The zero-order chi connectivity index (χ0) is 12.7. The lowest BCUT2D eigenvalue weighted by Crippen LogP contribution is -2.28. The molecule has 1 atom stereocenters. The van der Waals surface area contributed by atoms with Gasteiger partial charge in [0.2, 0.25) is 0 Å². The van der Waals surface area contributed by atoms with E-state index in [1.54, 1.807) is 19.1 Å². The van der Waals surface area contributed by atoms with E-state index in [9.17, 15) is 10.1 Å². The topological polar surface area (TPSA) is 84.6 Å². The lowest BCUT2D eigenvalue weighted by Gasteiger charge is -2.08. The van der Waals surface area contributed by atoms with E-state index in [4.69, 9.17) is 9.84 Å². The third kappa shape index (κ3) is 5.28. The predicted octanol–water partition coefficient (Wildman–Crippen LogP) is 0.944. The van der Waals surface area contributed by atoms with Gasteiger partial charge < -0.3 is 15.2 Å². The van der Waals surface area contributed by atoms with Gasteiger partial charge in [-0.05, 0) is 19.1 Å². The minimum Gasteiger partial charge on any atom is -0.492 e. The number of nitro benzene ring substituents is 1. The van der Waals surface area contributed by atoms with Gasteiger partial charge in [0.15, 0.2) is 0 Å². The van der Waals surface area contributed by atoms with Crippen molar-refractivity contribution in [3.63, 3.8) is 0 Å². The first-order valence-corrected chi connectivity index (χ1v) is 5.35. The van der Waals surface area contributed by atoms with Gasteiger partial charge in [-0.3, -0.25) is 10.1 Å². The van der Waals surface area contributed by atoms with Gasteiger partial charge in [-0.1, -0.05) is 0 Å². The molecule has 2 N–H and O–H groups in total. The molecule has 6 nitrogen and oxygen atoms in total. The van der Waals surface area contributed by atoms with Crippen molar-refractivity contribution < 1.29 is 14.8 Å². The quantitative estimate of drug-likeness (QED) is 0.421. The van der Waals surface area contributed by atoms with Gasteiger partial charge in [0, 0.05) is 25.2 Å². The molecular formula is C11H16N2O4. The Hall–Kier alpha value is -1.66. The monoisotopic (exact) mass is 240 g/mol. The number of benzene rings is 1. The second kappa shape index (κ2) is 6.82. The Morgan fingerprint density at radius 1 is 1.47 bits per heavy atom. The summed E-state index contributed by atoms with van der Waals surface area (Å²) in [6.45, 7) is 3.28. The number of ether oxygens (including phenoxy) is 1. The second-order valence-corrected chi connectivity index (χ2v) is 3.65. The van der Waals surface area contributed by atoms with Crippen molar-refractivity contribution in [2.75, 3.05) is 19.7 Å². The van der Waals surface area contributed by atoms with Crippen molar-refractivity contribution in [1.82, 2.24) is 5.32 Å². The SMILES string of the molecule is CC(O)CNCCOc1ccc([N+](=O)[O-])cc1. The molecule has 17 heavy (non-hydrogen) atoms. The number of hydrogen-bond acceptors (Lipinski definition) is 5. The number of aliphatic hydroxyl groups excluding tert-OH is 1. The molecule has 0 saturated carbocycles. The highest BCUT2D eigenvalue weighted by Crippen LogP contribution is 2.16. The van der Waals surface area contributed by atoms with E-state index in [-0.39, 0.29) is 11.8 Å². The van der Waals surface area contributed by atoms with Gasteiger partial charge in [-0.2, -0.15) is 0 Å². The molecule has 0 aromatic heterocycles. The summed E-state index contributed by atoms with van der Waals surface area (Å²) in [6, 6.07) is 5.93. The Balaban J connectivity index is 2.25. The van der Waals surface area contributed by atoms with E-state index in [1.807, 2.05) is 0 Å². The van der Waals surface area contributed by atoms with E-state index in [0.717, 1.165) is 0 Å². The van der Waals surface area contributed by atoms with Gasteiger partial charge in [0.1, 0.15) is 12.4 Å². The van der Waals surface area contributed by atoms with Crippen LogP contribution in [0.3, 0.4) is 0 Å². The number of hydrogen-bond donors (Lipinski definition) is 2. The molecule has 0 radical (unpaired) electrons. The van der Waals surface area contributed by atoms with Crippen molar-refractivity contribution in [3.05, 3.63) is 34.4 Å². The number of nitro groups is 1. The summed E-state index contributed by atoms with van der Waals surface area (Å²) in [6.07, 6.45) is -0.380. The molecule has 0 spiro atoms. The molecule has 94 valence electrons.